The first-order chi connectivity index (χ1) is 9.22. The Hall–Kier alpha value is -1.67. The van der Waals surface area contributed by atoms with Gasteiger partial charge in [0.1, 0.15) is 0 Å². The second-order valence-corrected chi connectivity index (χ2v) is 4.45. The van der Waals surface area contributed by atoms with Crippen LogP contribution in [0, 0.1) is 0 Å². The Balaban J connectivity index is 3.01. The first kappa shape index (κ1) is 16.4. The second-order valence-electron chi connectivity index (χ2n) is 4.45. The van der Waals surface area contributed by atoms with Crippen LogP contribution in [0.25, 0.3) is 0 Å². The van der Waals surface area contributed by atoms with Crippen LogP contribution in [0.4, 0.5) is 0 Å². The molecule has 1 aliphatic heterocycles. The third-order valence-electron chi connectivity index (χ3n) is 2.65. The topological polar surface area (TPSA) is 108 Å². The van der Waals surface area contributed by atoms with Gasteiger partial charge in [0.15, 0.2) is 24.6 Å². The van der Waals surface area contributed by atoms with Gasteiger partial charge >= 0.3 is 17.9 Å². The predicted octanol–water partition coefficient (Wildman–Crippen LogP) is -0.481. The molecular weight excluding hydrogens is 272 g/mol. The van der Waals surface area contributed by atoms with Crippen LogP contribution in [0.15, 0.2) is 0 Å². The van der Waals surface area contributed by atoms with Crippen LogP contribution in [-0.2, 0) is 33.3 Å². The van der Waals surface area contributed by atoms with Gasteiger partial charge in [-0.2, -0.15) is 0 Å². The monoisotopic (exact) mass is 290 g/mol. The third-order valence-corrected chi connectivity index (χ3v) is 2.65. The summed E-state index contributed by atoms with van der Waals surface area (Å²) in [5.41, 5.74) is 0. The fourth-order valence-corrected chi connectivity index (χ4v) is 1.99. The molecule has 0 bridgehead atoms. The normalized spacial score (nSPS) is 33.1. The highest BCUT2D eigenvalue weighted by molar-refractivity contribution is 5.68. The van der Waals surface area contributed by atoms with Gasteiger partial charge in [0.2, 0.25) is 0 Å². The molecule has 0 aliphatic carbocycles. The minimum absolute atomic E-state index is 0.611. The molecule has 1 saturated heterocycles. The van der Waals surface area contributed by atoms with Crippen molar-refractivity contribution in [1.82, 2.24) is 0 Å². The molecule has 1 aliphatic rings. The van der Waals surface area contributed by atoms with E-state index in [4.69, 9.17) is 18.9 Å². The number of aliphatic hydroxyl groups is 1. The SMILES string of the molecule is CC(=O)O[C@H]1[C@H](OC(C)=O)[C@@H](OC(C)=O)C(O)O[C@H]1C. The van der Waals surface area contributed by atoms with E-state index in [-0.39, 0.29) is 0 Å². The Kier molecular flexibility index (Phi) is 5.46. The zero-order chi connectivity index (χ0) is 15.4. The Morgan fingerprint density at radius 3 is 1.70 bits per heavy atom. The van der Waals surface area contributed by atoms with Gasteiger partial charge < -0.3 is 24.1 Å². The van der Waals surface area contributed by atoms with Gasteiger partial charge in [-0.3, -0.25) is 14.4 Å². The van der Waals surface area contributed by atoms with Gasteiger partial charge in [0.25, 0.3) is 0 Å². The molecule has 0 amide bonds. The standard InChI is InChI=1S/C12H18O8/c1-5-9(18-6(2)13)10(19-7(3)14)11(12(16)17-5)20-8(4)15/h5,9-12,16H,1-4H3/t5-,9+,10-,11+,12?/m0/s1. The molecule has 0 saturated carbocycles. The number of hydrogen-bond acceptors (Lipinski definition) is 8. The number of aliphatic hydroxyl groups excluding tert-OH is 1. The third kappa shape index (κ3) is 4.17. The molecule has 114 valence electrons. The van der Waals surface area contributed by atoms with E-state index >= 15 is 0 Å². The van der Waals surface area contributed by atoms with Crippen LogP contribution in [-0.4, -0.2) is 53.7 Å². The molecule has 20 heavy (non-hydrogen) atoms. The van der Waals surface area contributed by atoms with E-state index in [1.807, 2.05) is 0 Å². The summed E-state index contributed by atoms with van der Waals surface area (Å²) in [5, 5.41) is 9.79. The average Bonchev–Trinajstić information content (AvgIpc) is 2.27. The summed E-state index contributed by atoms with van der Waals surface area (Å²) in [6.07, 6.45) is -5.60. The van der Waals surface area contributed by atoms with E-state index in [1.165, 1.54) is 13.8 Å². The molecule has 0 spiro atoms. The number of hydrogen-bond donors (Lipinski definition) is 1. The Labute approximate surface area is 115 Å². The van der Waals surface area contributed by atoms with Crippen molar-refractivity contribution in [3.05, 3.63) is 0 Å². The first-order valence-electron chi connectivity index (χ1n) is 6.07. The summed E-state index contributed by atoms with van der Waals surface area (Å²) in [4.78, 5) is 33.3. The molecule has 0 aromatic rings. The van der Waals surface area contributed by atoms with Crippen LogP contribution in [0.1, 0.15) is 27.7 Å². The lowest BCUT2D eigenvalue weighted by Gasteiger charge is -2.41. The largest absolute Gasteiger partial charge is 0.456 e. The highest BCUT2D eigenvalue weighted by Crippen LogP contribution is 2.27. The Morgan fingerprint density at radius 1 is 0.850 bits per heavy atom. The van der Waals surface area contributed by atoms with Crippen molar-refractivity contribution >= 4 is 17.9 Å². The number of esters is 3. The van der Waals surface area contributed by atoms with Crippen molar-refractivity contribution < 1.29 is 38.4 Å². The highest BCUT2D eigenvalue weighted by Gasteiger charge is 2.49. The number of carbonyl (C=O) groups is 3. The van der Waals surface area contributed by atoms with Gasteiger partial charge in [0, 0.05) is 20.8 Å². The van der Waals surface area contributed by atoms with E-state index in [0.29, 0.717) is 0 Å². The highest BCUT2D eigenvalue weighted by atomic mass is 16.7. The van der Waals surface area contributed by atoms with Crippen LogP contribution >= 0.6 is 0 Å². The van der Waals surface area contributed by atoms with E-state index in [2.05, 4.69) is 0 Å². The van der Waals surface area contributed by atoms with Gasteiger partial charge in [-0.05, 0) is 6.92 Å². The lowest BCUT2D eigenvalue weighted by molar-refractivity contribution is -0.288. The van der Waals surface area contributed by atoms with E-state index < -0.39 is 48.6 Å². The molecule has 5 atom stereocenters. The van der Waals surface area contributed by atoms with Crippen molar-refractivity contribution in [2.24, 2.45) is 0 Å². The van der Waals surface area contributed by atoms with Crippen molar-refractivity contribution in [1.29, 1.82) is 0 Å². The quantitative estimate of drug-likeness (QED) is 0.548. The molecule has 0 aromatic heterocycles. The molecule has 8 heteroatoms. The summed E-state index contributed by atoms with van der Waals surface area (Å²) < 4.78 is 20.1. The molecule has 1 unspecified atom stereocenters. The summed E-state index contributed by atoms with van der Waals surface area (Å²) in [5.74, 6) is -1.96. The van der Waals surface area contributed by atoms with Gasteiger partial charge in [-0.15, -0.1) is 0 Å². The molecule has 1 rings (SSSR count). The number of rotatable bonds is 3. The number of carbonyl (C=O) groups excluding carboxylic acids is 3. The van der Waals surface area contributed by atoms with Crippen molar-refractivity contribution in [3.63, 3.8) is 0 Å². The molecule has 1 fully saturated rings. The van der Waals surface area contributed by atoms with Gasteiger partial charge in [-0.25, -0.2) is 0 Å². The zero-order valence-electron chi connectivity index (χ0n) is 11.7. The van der Waals surface area contributed by atoms with Crippen LogP contribution in [0.5, 0.6) is 0 Å². The summed E-state index contributed by atoms with van der Waals surface area (Å²) in [6.45, 7) is 5.01. The Morgan fingerprint density at radius 2 is 1.25 bits per heavy atom. The van der Waals surface area contributed by atoms with Crippen molar-refractivity contribution in [2.45, 2.75) is 58.4 Å². The molecule has 1 heterocycles. The van der Waals surface area contributed by atoms with E-state index in [0.717, 1.165) is 13.8 Å². The van der Waals surface area contributed by atoms with E-state index in [1.54, 1.807) is 0 Å². The average molecular weight is 290 g/mol. The lowest BCUT2D eigenvalue weighted by atomic mass is 9.99. The molecular formula is C12H18O8. The minimum Gasteiger partial charge on any atom is -0.456 e. The fourth-order valence-electron chi connectivity index (χ4n) is 1.99. The molecule has 0 aromatic carbocycles. The van der Waals surface area contributed by atoms with Gasteiger partial charge in [0.05, 0.1) is 6.10 Å². The summed E-state index contributed by atoms with van der Waals surface area (Å²) in [6, 6.07) is 0. The van der Waals surface area contributed by atoms with Crippen molar-refractivity contribution in [2.75, 3.05) is 0 Å². The van der Waals surface area contributed by atoms with Crippen LogP contribution in [0.2, 0.25) is 0 Å². The minimum atomic E-state index is -1.48. The van der Waals surface area contributed by atoms with Gasteiger partial charge in [-0.1, -0.05) is 0 Å². The summed E-state index contributed by atoms with van der Waals surface area (Å²) in [7, 11) is 0. The fraction of sp³-hybridized carbons (Fsp3) is 0.750. The molecule has 8 nitrogen and oxygen atoms in total. The maximum atomic E-state index is 11.2. The maximum Gasteiger partial charge on any atom is 0.303 e. The zero-order valence-corrected chi connectivity index (χ0v) is 11.7. The number of ether oxygens (including phenoxy) is 4. The van der Waals surface area contributed by atoms with Crippen LogP contribution < -0.4 is 0 Å². The Bertz CT molecular complexity index is 365. The second kappa shape index (κ2) is 6.67. The first-order valence-corrected chi connectivity index (χ1v) is 6.07. The summed E-state index contributed by atoms with van der Waals surface area (Å²) >= 11 is 0. The smallest absolute Gasteiger partial charge is 0.303 e. The van der Waals surface area contributed by atoms with Crippen molar-refractivity contribution in [3.8, 4) is 0 Å². The maximum absolute atomic E-state index is 11.2. The molecule has 1 N–H and O–H groups in total. The molecule has 0 radical (unpaired) electrons. The predicted molar refractivity (Wildman–Crippen MR) is 63.2 cm³/mol. The lowest BCUT2D eigenvalue weighted by Crippen LogP contribution is -2.60. The van der Waals surface area contributed by atoms with E-state index in [9.17, 15) is 19.5 Å². The van der Waals surface area contributed by atoms with Crippen LogP contribution in [0.3, 0.4) is 0 Å².